The zero-order valence-corrected chi connectivity index (χ0v) is 13.5. The summed E-state index contributed by atoms with van der Waals surface area (Å²) in [6, 6.07) is 10.3. The predicted octanol–water partition coefficient (Wildman–Crippen LogP) is 3.28. The number of amides is 1. The fourth-order valence-corrected chi connectivity index (χ4v) is 2.45. The number of aromatic nitrogens is 2. The Bertz CT molecular complexity index is 940. The normalized spacial score (nSPS) is 10.3. The highest BCUT2D eigenvalue weighted by atomic mass is 35.5. The van der Waals surface area contributed by atoms with Gasteiger partial charge >= 0.3 is 0 Å². The van der Waals surface area contributed by atoms with Gasteiger partial charge in [0.15, 0.2) is 0 Å². The Hall–Kier alpha value is -3.39. The minimum atomic E-state index is 0.200. The van der Waals surface area contributed by atoms with Gasteiger partial charge in [0.05, 0.1) is 10.7 Å². The van der Waals surface area contributed by atoms with Crippen LogP contribution in [0.4, 0.5) is 23.0 Å². The van der Waals surface area contributed by atoms with Crippen LogP contribution in [-0.4, -0.2) is 22.8 Å². The lowest BCUT2D eigenvalue weighted by molar-refractivity contribution is -0.105. The van der Waals surface area contributed by atoms with Crippen LogP contribution in [0.5, 0.6) is 0 Å². The fraction of sp³-hybridized carbons (Fsp3) is 0. The second-order valence-electron chi connectivity index (χ2n) is 4.97. The number of hydrogen-bond donors (Lipinski definition) is 4. The van der Waals surface area contributed by atoms with Gasteiger partial charge in [0, 0.05) is 28.7 Å². The molecule has 0 atom stereocenters. The first-order valence-corrected chi connectivity index (χ1v) is 7.50. The lowest BCUT2D eigenvalue weighted by Crippen LogP contribution is -1.99. The van der Waals surface area contributed by atoms with Crippen LogP contribution in [0, 0.1) is 5.41 Å². The molecule has 1 amide bonds. The molecule has 126 valence electrons. The number of nitrogens with two attached hydrogens (primary N) is 1. The third kappa shape index (κ3) is 3.43. The number of hydrogen-bond acceptors (Lipinski definition) is 7. The molecule has 5 N–H and O–H groups in total. The van der Waals surface area contributed by atoms with Crippen LogP contribution in [0.15, 0.2) is 40.9 Å². The van der Waals surface area contributed by atoms with Crippen LogP contribution in [-0.2, 0) is 4.79 Å². The third-order valence-electron chi connectivity index (χ3n) is 3.37. The second-order valence-corrected chi connectivity index (χ2v) is 5.34. The summed E-state index contributed by atoms with van der Waals surface area (Å²) in [7, 11) is 0. The monoisotopic (exact) mass is 356 g/mol. The van der Waals surface area contributed by atoms with E-state index in [1.807, 2.05) is 0 Å². The molecule has 0 aliphatic carbocycles. The molecule has 0 spiro atoms. The van der Waals surface area contributed by atoms with E-state index in [9.17, 15) is 4.79 Å². The van der Waals surface area contributed by atoms with Crippen LogP contribution < -0.4 is 16.4 Å². The molecule has 1 heterocycles. The zero-order chi connectivity index (χ0) is 17.8. The van der Waals surface area contributed by atoms with Crippen molar-refractivity contribution in [3.05, 3.63) is 47.0 Å². The quantitative estimate of drug-likeness (QED) is 0.304. The molecule has 3 rings (SSSR count). The van der Waals surface area contributed by atoms with Gasteiger partial charge in [-0.2, -0.15) is 4.98 Å². The molecule has 8 nitrogen and oxygen atoms in total. The van der Waals surface area contributed by atoms with Crippen LogP contribution in [0.1, 0.15) is 5.56 Å². The Morgan fingerprint density at radius 3 is 2.88 bits per heavy atom. The maximum absolute atomic E-state index is 10.5. The van der Waals surface area contributed by atoms with Crippen LogP contribution >= 0.6 is 11.6 Å². The van der Waals surface area contributed by atoms with E-state index in [1.54, 1.807) is 36.4 Å². The van der Waals surface area contributed by atoms with Crippen LogP contribution in [0.2, 0.25) is 5.02 Å². The molecule has 9 heteroatoms. The van der Waals surface area contributed by atoms with E-state index in [-0.39, 0.29) is 11.8 Å². The highest BCUT2D eigenvalue weighted by molar-refractivity contribution is 6.36. The number of nitrogens with zero attached hydrogens (tertiary/aromatic N) is 2. The van der Waals surface area contributed by atoms with Crippen LogP contribution in [0.3, 0.4) is 0 Å². The van der Waals surface area contributed by atoms with Crippen molar-refractivity contribution in [3.63, 3.8) is 0 Å². The summed E-state index contributed by atoms with van der Waals surface area (Å²) in [5.41, 5.74) is 8.33. The molecule has 25 heavy (non-hydrogen) atoms. The molecular formula is C16H13ClN6O2. The molecule has 0 fully saturated rings. The van der Waals surface area contributed by atoms with Gasteiger partial charge in [0.25, 0.3) is 11.8 Å². The molecule has 3 aromatic rings. The summed E-state index contributed by atoms with van der Waals surface area (Å²) in [4.78, 5) is 14.8. The summed E-state index contributed by atoms with van der Waals surface area (Å²) in [6.45, 7) is 0. The Balaban J connectivity index is 1.86. The smallest absolute Gasteiger partial charge is 0.268 e. The number of carbonyl (C=O) groups excluding carboxylic acids is 1. The number of halogens is 1. The van der Waals surface area contributed by atoms with Gasteiger partial charge in [0.1, 0.15) is 0 Å². The van der Waals surface area contributed by atoms with Gasteiger partial charge in [-0.15, -0.1) is 0 Å². The third-order valence-corrected chi connectivity index (χ3v) is 3.77. The fourth-order valence-electron chi connectivity index (χ4n) is 2.17. The van der Waals surface area contributed by atoms with Crippen molar-refractivity contribution >= 4 is 47.2 Å². The Morgan fingerprint density at radius 1 is 1.28 bits per heavy atom. The van der Waals surface area contributed by atoms with Crippen molar-refractivity contribution < 1.29 is 9.32 Å². The largest absolute Gasteiger partial charge is 0.398 e. The van der Waals surface area contributed by atoms with Crippen molar-refractivity contribution in [3.8, 4) is 11.5 Å². The number of carbonyl (C=O) groups is 1. The maximum Gasteiger partial charge on any atom is 0.268 e. The number of rotatable bonds is 6. The molecule has 0 saturated heterocycles. The van der Waals surface area contributed by atoms with Gasteiger partial charge in [-0.05, 0) is 35.5 Å². The topological polar surface area (TPSA) is 130 Å². The summed E-state index contributed by atoms with van der Waals surface area (Å²) in [6.07, 6.45) is 1.67. The predicted molar refractivity (Wildman–Crippen MR) is 96.5 cm³/mol. The van der Waals surface area contributed by atoms with Gasteiger partial charge in [-0.3, -0.25) is 4.79 Å². The molecule has 1 aromatic heterocycles. The lowest BCUT2D eigenvalue weighted by Gasteiger charge is -2.08. The van der Waals surface area contributed by atoms with E-state index in [0.717, 1.165) is 6.21 Å². The van der Waals surface area contributed by atoms with Crippen molar-refractivity contribution in [2.45, 2.75) is 0 Å². The summed E-state index contributed by atoms with van der Waals surface area (Å²) in [5.74, 6) is 0.474. The number of anilines is 4. The summed E-state index contributed by atoms with van der Waals surface area (Å²) in [5, 5.41) is 17.0. The van der Waals surface area contributed by atoms with Gasteiger partial charge in [0.2, 0.25) is 6.41 Å². The molecule has 0 bridgehead atoms. The molecule has 0 aliphatic rings. The first-order valence-electron chi connectivity index (χ1n) is 7.12. The van der Waals surface area contributed by atoms with E-state index < -0.39 is 0 Å². The minimum absolute atomic E-state index is 0.200. The van der Waals surface area contributed by atoms with Crippen molar-refractivity contribution in [1.29, 1.82) is 5.41 Å². The molecular weight excluding hydrogens is 344 g/mol. The highest BCUT2D eigenvalue weighted by Gasteiger charge is 2.13. The highest BCUT2D eigenvalue weighted by Crippen LogP contribution is 2.31. The molecule has 0 unspecified atom stereocenters. The average Bonchev–Trinajstić information content (AvgIpc) is 3.07. The number of nitrogen functional groups attached to an aromatic ring is 1. The van der Waals surface area contributed by atoms with E-state index in [4.69, 9.17) is 27.3 Å². The average molecular weight is 357 g/mol. The number of nitrogens with one attached hydrogen (secondary N) is 3. The lowest BCUT2D eigenvalue weighted by atomic mass is 10.1. The zero-order valence-electron chi connectivity index (χ0n) is 12.8. The van der Waals surface area contributed by atoms with Gasteiger partial charge in [-0.25, -0.2) is 0 Å². The Labute approximate surface area is 147 Å². The molecule has 0 radical (unpaired) electrons. The summed E-state index contributed by atoms with van der Waals surface area (Å²) >= 11 is 6.22. The van der Waals surface area contributed by atoms with Gasteiger partial charge < -0.3 is 26.3 Å². The van der Waals surface area contributed by atoms with E-state index in [1.165, 1.54) is 0 Å². The number of benzene rings is 2. The molecule has 0 saturated carbocycles. The second kappa shape index (κ2) is 7.02. The van der Waals surface area contributed by atoms with E-state index >= 15 is 0 Å². The SMILES string of the molecule is N=Cc1c(N)ccc(Nc2noc(-c3cccc(NC=O)c3)n2)c1Cl. The Morgan fingerprint density at radius 2 is 2.12 bits per heavy atom. The van der Waals surface area contributed by atoms with E-state index in [0.29, 0.717) is 39.6 Å². The molecule has 0 aliphatic heterocycles. The van der Waals surface area contributed by atoms with E-state index in [2.05, 4.69) is 20.8 Å². The molecule has 2 aromatic carbocycles. The standard InChI is InChI=1S/C16H13ClN6O2/c17-14-11(7-18)12(19)4-5-13(14)21-16-22-15(25-23-16)9-2-1-3-10(6-9)20-8-24/h1-8,18H,19H2,(H,20,24)(H,21,23). The first-order chi connectivity index (χ1) is 12.1. The summed E-state index contributed by atoms with van der Waals surface area (Å²) < 4.78 is 5.22. The Kier molecular flexibility index (Phi) is 4.62. The minimum Gasteiger partial charge on any atom is -0.398 e. The van der Waals surface area contributed by atoms with Crippen molar-refractivity contribution in [2.75, 3.05) is 16.4 Å². The van der Waals surface area contributed by atoms with Crippen molar-refractivity contribution in [1.82, 2.24) is 10.1 Å². The van der Waals surface area contributed by atoms with Crippen LogP contribution in [0.25, 0.3) is 11.5 Å². The van der Waals surface area contributed by atoms with Gasteiger partial charge in [-0.1, -0.05) is 17.7 Å². The maximum atomic E-state index is 10.5. The van der Waals surface area contributed by atoms with Crippen molar-refractivity contribution in [2.24, 2.45) is 0 Å². The first kappa shape index (κ1) is 16.5.